The fraction of sp³-hybridized carbons (Fsp3) is 0.346. The van der Waals surface area contributed by atoms with Crippen molar-refractivity contribution in [2.24, 2.45) is 5.92 Å². The molecule has 1 aliphatic rings. The number of aromatic nitrogens is 2. The van der Waals surface area contributed by atoms with Crippen LogP contribution in [-0.2, 0) is 22.6 Å². The second-order valence-corrected chi connectivity index (χ2v) is 8.22. The molecule has 4 rings (SSSR count). The van der Waals surface area contributed by atoms with Crippen molar-refractivity contribution in [2.75, 3.05) is 33.3 Å². The molecule has 33 heavy (non-hydrogen) atoms. The van der Waals surface area contributed by atoms with Crippen LogP contribution in [0.5, 0.6) is 5.75 Å². The summed E-state index contributed by atoms with van der Waals surface area (Å²) in [4.78, 5) is 30.1. The lowest BCUT2D eigenvalue weighted by atomic mass is 9.91. The van der Waals surface area contributed by atoms with Crippen molar-refractivity contribution in [1.29, 1.82) is 0 Å². The van der Waals surface area contributed by atoms with Gasteiger partial charge in [0.25, 0.3) is 0 Å². The van der Waals surface area contributed by atoms with Crippen LogP contribution in [0.2, 0.25) is 0 Å². The molecule has 0 N–H and O–H groups in total. The summed E-state index contributed by atoms with van der Waals surface area (Å²) in [7, 11) is 1.67. The first-order chi connectivity index (χ1) is 16.1. The Balaban J connectivity index is 1.61. The summed E-state index contributed by atoms with van der Waals surface area (Å²) in [5.41, 5.74) is 3.11. The molecule has 2 heterocycles. The summed E-state index contributed by atoms with van der Waals surface area (Å²) in [6.07, 6.45) is 3.99. The third-order valence-electron chi connectivity index (χ3n) is 6.21. The van der Waals surface area contributed by atoms with Crippen molar-refractivity contribution in [1.82, 2.24) is 19.6 Å². The van der Waals surface area contributed by atoms with Gasteiger partial charge in [-0.1, -0.05) is 42.5 Å². The molecule has 0 saturated carbocycles. The zero-order chi connectivity index (χ0) is 23.2. The summed E-state index contributed by atoms with van der Waals surface area (Å²) in [6.45, 7) is 4.27. The molecular formula is C26H30N4O3. The first kappa shape index (κ1) is 22.6. The average molecular weight is 447 g/mol. The van der Waals surface area contributed by atoms with Gasteiger partial charge in [0.05, 0.1) is 13.0 Å². The third kappa shape index (κ3) is 5.08. The third-order valence-corrected chi connectivity index (χ3v) is 6.21. The van der Waals surface area contributed by atoms with Gasteiger partial charge < -0.3 is 14.5 Å². The number of methoxy groups -OCH3 is 1. The van der Waals surface area contributed by atoms with Gasteiger partial charge in [0.1, 0.15) is 12.3 Å². The number of rotatable bonds is 7. The molecule has 0 bridgehead atoms. The van der Waals surface area contributed by atoms with E-state index in [0.717, 1.165) is 22.4 Å². The Bertz CT molecular complexity index is 1100. The minimum atomic E-state index is -0.315. The highest BCUT2D eigenvalue weighted by Gasteiger charge is 2.32. The van der Waals surface area contributed by atoms with Crippen LogP contribution >= 0.6 is 0 Å². The van der Waals surface area contributed by atoms with Crippen molar-refractivity contribution in [3.8, 4) is 16.9 Å². The largest absolute Gasteiger partial charge is 0.496 e. The Hall–Kier alpha value is -3.61. The Morgan fingerprint density at radius 2 is 1.82 bits per heavy atom. The lowest BCUT2D eigenvalue weighted by Crippen LogP contribution is -2.39. The number of hydrogen-bond acceptors (Lipinski definition) is 4. The SMILES string of the molecule is CCN1CCN(C(=O)Cn2cccn2)CC(Cc2ccccc2-c2ccccc2OC)C1=O. The van der Waals surface area contributed by atoms with Gasteiger partial charge in [-0.3, -0.25) is 14.3 Å². The van der Waals surface area contributed by atoms with E-state index in [1.807, 2.05) is 53.1 Å². The van der Waals surface area contributed by atoms with Crippen LogP contribution in [0.3, 0.4) is 0 Å². The molecule has 1 aliphatic heterocycles. The summed E-state index contributed by atoms with van der Waals surface area (Å²) in [6, 6.07) is 17.8. The second-order valence-electron chi connectivity index (χ2n) is 8.22. The van der Waals surface area contributed by atoms with Crippen LogP contribution in [0.15, 0.2) is 67.0 Å². The maximum Gasteiger partial charge on any atom is 0.244 e. The molecule has 1 fully saturated rings. The van der Waals surface area contributed by atoms with Crippen LogP contribution in [0, 0.1) is 5.92 Å². The first-order valence-corrected chi connectivity index (χ1v) is 11.4. The van der Waals surface area contributed by atoms with E-state index in [-0.39, 0.29) is 24.3 Å². The Kier molecular flexibility index (Phi) is 7.07. The second kappa shape index (κ2) is 10.3. The number of nitrogens with zero attached hydrogens (tertiary/aromatic N) is 4. The predicted octanol–water partition coefficient (Wildman–Crippen LogP) is 3.11. The molecule has 7 heteroatoms. The van der Waals surface area contributed by atoms with Gasteiger partial charge in [0, 0.05) is 44.1 Å². The Morgan fingerprint density at radius 1 is 1.06 bits per heavy atom. The lowest BCUT2D eigenvalue weighted by molar-refractivity contribution is -0.135. The zero-order valence-corrected chi connectivity index (χ0v) is 19.2. The van der Waals surface area contributed by atoms with Gasteiger partial charge >= 0.3 is 0 Å². The summed E-state index contributed by atoms with van der Waals surface area (Å²) < 4.78 is 7.21. The number of benzene rings is 2. The number of para-hydroxylation sites is 1. The van der Waals surface area contributed by atoms with Gasteiger partial charge in [0.15, 0.2) is 0 Å². The maximum absolute atomic E-state index is 13.4. The van der Waals surface area contributed by atoms with E-state index >= 15 is 0 Å². The zero-order valence-electron chi connectivity index (χ0n) is 19.2. The van der Waals surface area contributed by atoms with E-state index < -0.39 is 0 Å². The van der Waals surface area contributed by atoms with Crippen molar-refractivity contribution >= 4 is 11.8 Å². The molecule has 7 nitrogen and oxygen atoms in total. The summed E-state index contributed by atoms with van der Waals surface area (Å²) in [5, 5.41) is 4.15. The van der Waals surface area contributed by atoms with Crippen molar-refractivity contribution < 1.29 is 14.3 Å². The van der Waals surface area contributed by atoms with Crippen LogP contribution in [0.25, 0.3) is 11.1 Å². The van der Waals surface area contributed by atoms with Gasteiger partial charge in [0.2, 0.25) is 11.8 Å². The molecule has 2 amide bonds. The van der Waals surface area contributed by atoms with E-state index in [9.17, 15) is 9.59 Å². The standard InChI is InChI=1S/C26H30N4O3/c1-3-28-15-16-29(25(31)19-30-14-8-13-27-30)18-21(26(28)32)17-20-9-4-5-10-22(20)23-11-6-7-12-24(23)33-2/h4-14,21H,3,15-19H2,1-2H3. The summed E-state index contributed by atoms with van der Waals surface area (Å²) in [5.74, 6) is 0.558. The molecule has 1 saturated heterocycles. The number of hydrogen-bond donors (Lipinski definition) is 0. The minimum absolute atomic E-state index is 0.0209. The number of carbonyl (C=O) groups is 2. The molecule has 172 valence electrons. The van der Waals surface area contributed by atoms with Crippen molar-refractivity contribution in [2.45, 2.75) is 19.9 Å². The van der Waals surface area contributed by atoms with Crippen LogP contribution in [-0.4, -0.2) is 64.7 Å². The normalized spacial score (nSPS) is 16.5. The predicted molar refractivity (Wildman–Crippen MR) is 127 cm³/mol. The lowest BCUT2D eigenvalue weighted by Gasteiger charge is -2.24. The molecule has 0 spiro atoms. The molecule has 3 aromatic rings. The number of ether oxygens (including phenoxy) is 1. The fourth-order valence-electron chi connectivity index (χ4n) is 4.46. The van der Waals surface area contributed by atoms with E-state index in [2.05, 4.69) is 17.2 Å². The number of carbonyl (C=O) groups excluding carboxylic acids is 2. The molecule has 1 aromatic heterocycles. The quantitative estimate of drug-likeness (QED) is 0.559. The molecule has 2 aromatic carbocycles. The molecule has 1 atom stereocenters. The monoisotopic (exact) mass is 446 g/mol. The summed E-state index contributed by atoms with van der Waals surface area (Å²) >= 11 is 0. The maximum atomic E-state index is 13.4. The van der Waals surface area contributed by atoms with Crippen molar-refractivity contribution in [3.63, 3.8) is 0 Å². The van der Waals surface area contributed by atoms with Crippen LogP contribution in [0.4, 0.5) is 0 Å². The number of likely N-dealkylation sites (N-methyl/N-ethyl adjacent to an activating group) is 1. The van der Waals surface area contributed by atoms with Gasteiger partial charge in [-0.2, -0.15) is 5.10 Å². The topological polar surface area (TPSA) is 67.7 Å². The van der Waals surface area contributed by atoms with E-state index in [4.69, 9.17) is 4.74 Å². The highest BCUT2D eigenvalue weighted by atomic mass is 16.5. The van der Waals surface area contributed by atoms with Crippen LogP contribution < -0.4 is 4.74 Å². The van der Waals surface area contributed by atoms with Crippen molar-refractivity contribution in [3.05, 3.63) is 72.6 Å². The smallest absolute Gasteiger partial charge is 0.244 e. The van der Waals surface area contributed by atoms with E-state index in [1.165, 1.54) is 0 Å². The van der Waals surface area contributed by atoms with Gasteiger partial charge in [-0.25, -0.2) is 0 Å². The Labute approximate surface area is 194 Å². The number of amides is 2. The van der Waals surface area contributed by atoms with Gasteiger partial charge in [-0.15, -0.1) is 0 Å². The minimum Gasteiger partial charge on any atom is -0.496 e. The molecular weight excluding hydrogens is 416 g/mol. The molecule has 1 unspecified atom stereocenters. The van der Waals surface area contributed by atoms with E-state index in [1.54, 1.807) is 30.3 Å². The highest BCUT2D eigenvalue weighted by Crippen LogP contribution is 2.33. The fourth-order valence-corrected chi connectivity index (χ4v) is 4.46. The average Bonchev–Trinajstić information content (AvgIpc) is 3.30. The molecule has 0 aliphatic carbocycles. The van der Waals surface area contributed by atoms with E-state index in [0.29, 0.717) is 32.6 Å². The highest BCUT2D eigenvalue weighted by molar-refractivity contribution is 5.83. The Morgan fingerprint density at radius 3 is 2.55 bits per heavy atom. The molecule has 0 radical (unpaired) electrons. The van der Waals surface area contributed by atoms with Crippen LogP contribution in [0.1, 0.15) is 12.5 Å². The van der Waals surface area contributed by atoms with Gasteiger partial charge in [-0.05, 0) is 36.6 Å². The first-order valence-electron chi connectivity index (χ1n) is 11.4.